The van der Waals surface area contributed by atoms with Crippen LogP contribution in [0.25, 0.3) is 0 Å². The molecule has 2 aliphatic carbocycles. The average molecular weight is 483 g/mol. The van der Waals surface area contributed by atoms with E-state index >= 15 is 0 Å². The number of aromatic nitrogens is 3. The molecule has 0 aliphatic heterocycles. The van der Waals surface area contributed by atoms with Gasteiger partial charge in [0.15, 0.2) is 11.0 Å². The van der Waals surface area contributed by atoms with E-state index in [4.69, 9.17) is 16.3 Å². The number of carbonyl (C=O) groups is 1. The molecule has 8 heteroatoms. The molecule has 1 amide bonds. The van der Waals surface area contributed by atoms with Gasteiger partial charge in [0.1, 0.15) is 12.4 Å². The Balaban J connectivity index is 1.25. The largest absolute Gasteiger partial charge is 0.484 e. The molecule has 33 heavy (non-hydrogen) atoms. The van der Waals surface area contributed by atoms with Gasteiger partial charge in [-0.1, -0.05) is 59.8 Å². The van der Waals surface area contributed by atoms with Crippen LogP contribution in [0.3, 0.4) is 0 Å². The number of thioether (sulfide) groups is 1. The van der Waals surface area contributed by atoms with Crippen molar-refractivity contribution in [3.8, 4) is 5.75 Å². The molecule has 0 radical (unpaired) electrons. The molecular weight excluding hydrogens is 456 g/mol. The SMILES string of the molecule is C[C@H](Sc1nnc(COc2ccccc2Cl)n1C1CC1)C(=O)N[C@H]1CCCc2ccccc21. The molecule has 1 N–H and O–H groups in total. The lowest BCUT2D eigenvalue weighted by molar-refractivity contribution is -0.121. The van der Waals surface area contributed by atoms with Crippen molar-refractivity contribution in [2.24, 2.45) is 0 Å². The summed E-state index contributed by atoms with van der Waals surface area (Å²) in [6.07, 6.45) is 5.32. The lowest BCUT2D eigenvalue weighted by atomic mass is 9.88. The molecule has 2 aliphatic rings. The molecule has 172 valence electrons. The van der Waals surface area contributed by atoms with E-state index in [0.29, 0.717) is 16.8 Å². The van der Waals surface area contributed by atoms with Crippen molar-refractivity contribution in [3.63, 3.8) is 0 Å². The maximum atomic E-state index is 13.0. The number of fused-ring (bicyclic) bond motifs is 1. The van der Waals surface area contributed by atoms with Gasteiger partial charge in [-0.15, -0.1) is 10.2 Å². The molecule has 2 aromatic carbocycles. The number of aryl methyl sites for hydroxylation is 1. The van der Waals surface area contributed by atoms with Crippen molar-refractivity contribution in [1.82, 2.24) is 20.1 Å². The van der Waals surface area contributed by atoms with Crippen LogP contribution in [-0.4, -0.2) is 25.9 Å². The minimum absolute atomic E-state index is 0.0286. The van der Waals surface area contributed by atoms with Gasteiger partial charge < -0.3 is 10.1 Å². The van der Waals surface area contributed by atoms with Crippen LogP contribution in [-0.2, 0) is 17.8 Å². The third kappa shape index (κ3) is 5.04. The third-order valence-corrected chi connectivity index (χ3v) is 7.55. The zero-order chi connectivity index (χ0) is 22.8. The summed E-state index contributed by atoms with van der Waals surface area (Å²) in [7, 11) is 0. The minimum Gasteiger partial charge on any atom is -0.484 e. The predicted octanol–water partition coefficient (Wildman–Crippen LogP) is 5.52. The van der Waals surface area contributed by atoms with Gasteiger partial charge in [-0.2, -0.15) is 0 Å². The van der Waals surface area contributed by atoms with E-state index in [9.17, 15) is 4.79 Å². The highest BCUT2D eigenvalue weighted by atomic mass is 35.5. The highest BCUT2D eigenvalue weighted by Crippen LogP contribution is 2.40. The molecule has 1 saturated carbocycles. The number of ether oxygens (including phenoxy) is 1. The van der Waals surface area contributed by atoms with Gasteiger partial charge in [0.2, 0.25) is 5.91 Å². The fourth-order valence-corrected chi connectivity index (χ4v) is 5.43. The number of halogens is 1. The van der Waals surface area contributed by atoms with Crippen molar-refractivity contribution in [2.75, 3.05) is 0 Å². The van der Waals surface area contributed by atoms with Crippen molar-refractivity contribution in [2.45, 2.75) is 68.1 Å². The molecule has 1 heterocycles. The number of nitrogens with zero attached hydrogens (tertiary/aromatic N) is 3. The van der Waals surface area contributed by atoms with Crippen LogP contribution >= 0.6 is 23.4 Å². The second kappa shape index (κ2) is 9.77. The fourth-order valence-electron chi connectivity index (χ4n) is 4.29. The van der Waals surface area contributed by atoms with Gasteiger partial charge in [0.25, 0.3) is 0 Å². The highest BCUT2D eigenvalue weighted by molar-refractivity contribution is 8.00. The summed E-state index contributed by atoms with van der Waals surface area (Å²) in [6.45, 7) is 2.22. The number of amides is 1. The average Bonchev–Trinajstić information content (AvgIpc) is 3.59. The van der Waals surface area contributed by atoms with Crippen molar-refractivity contribution in [3.05, 3.63) is 70.5 Å². The Bertz CT molecular complexity index is 1150. The van der Waals surface area contributed by atoms with Gasteiger partial charge in [-0.05, 0) is 62.3 Å². The molecule has 6 nitrogen and oxygen atoms in total. The van der Waals surface area contributed by atoms with E-state index in [0.717, 1.165) is 43.1 Å². The van der Waals surface area contributed by atoms with Crippen molar-refractivity contribution in [1.29, 1.82) is 0 Å². The molecule has 0 spiro atoms. The van der Waals surface area contributed by atoms with Gasteiger partial charge in [0.05, 0.1) is 16.3 Å². The molecule has 2 atom stereocenters. The first-order chi connectivity index (χ1) is 16.1. The van der Waals surface area contributed by atoms with Crippen LogP contribution in [0.2, 0.25) is 5.02 Å². The van der Waals surface area contributed by atoms with E-state index in [2.05, 4.69) is 38.3 Å². The molecule has 1 fully saturated rings. The molecule has 0 unspecified atom stereocenters. The summed E-state index contributed by atoms with van der Waals surface area (Å²) < 4.78 is 8.02. The lowest BCUT2D eigenvalue weighted by Gasteiger charge is -2.27. The molecule has 0 saturated heterocycles. The van der Waals surface area contributed by atoms with Crippen molar-refractivity contribution >= 4 is 29.3 Å². The predicted molar refractivity (Wildman–Crippen MR) is 130 cm³/mol. The number of para-hydroxylation sites is 1. The van der Waals surface area contributed by atoms with E-state index < -0.39 is 0 Å². The molecule has 3 aromatic rings. The topological polar surface area (TPSA) is 69.0 Å². The number of hydrogen-bond donors (Lipinski definition) is 1. The first kappa shape index (κ1) is 22.3. The third-order valence-electron chi connectivity index (χ3n) is 6.18. The summed E-state index contributed by atoms with van der Waals surface area (Å²) >= 11 is 7.67. The van der Waals surface area contributed by atoms with Crippen LogP contribution in [0.1, 0.15) is 61.6 Å². The quantitative estimate of drug-likeness (QED) is 0.428. The van der Waals surface area contributed by atoms with Crippen LogP contribution in [0.15, 0.2) is 53.7 Å². The fraction of sp³-hybridized carbons (Fsp3) is 0.400. The van der Waals surface area contributed by atoms with Gasteiger partial charge in [0, 0.05) is 6.04 Å². The zero-order valence-corrected chi connectivity index (χ0v) is 20.1. The maximum absolute atomic E-state index is 13.0. The Morgan fingerprint density at radius 1 is 1.18 bits per heavy atom. The zero-order valence-electron chi connectivity index (χ0n) is 18.5. The second-order valence-corrected chi connectivity index (χ2v) is 10.3. The van der Waals surface area contributed by atoms with E-state index in [-0.39, 0.29) is 23.8 Å². The number of hydrogen-bond acceptors (Lipinski definition) is 5. The minimum atomic E-state index is -0.280. The summed E-state index contributed by atoms with van der Waals surface area (Å²) in [5.74, 6) is 1.41. The Hall–Kier alpha value is -2.51. The first-order valence-corrected chi connectivity index (χ1v) is 12.7. The van der Waals surface area contributed by atoms with Crippen LogP contribution < -0.4 is 10.1 Å². The summed E-state index contributed by atoms with van der Waals surface area (Å²) in [4.78, 5) is 13.0. The number of carbonyl (C=O) groups excluding carboxylic acids is 1. The maximum Gasteiger partial charge on any atom is 0.233 e. The van der Waals surface area contributed by atoms with Crippen molar-refractivity contribution < 1.29 is 9.53 Å². The Morgan fingerprint density at radius 3 is 2.79 bits per heavy atom. The lowest BCUT2D eigenvalue weighted by Crippen LogP contribution is -2.36. The van der Waals surface area contributed by atoms with E-state index in [1.807, 2.05) is 31.2 Å². The molecular formula is C25H27ClN4O2S. The smallest absolute Gasteiger partial charge is 0.233 e. The summed E-state index contributed by atoms with van der Waals surface area (Å²) in [5, 5.41) is 13.1. The first-order valence-electron chi connectivity index (χ1n) is 11.5. The van der Waals surface area contributed by atoms with Gasteiger partial charge in [-0.25, -0.2) is 0 Å². The Labute approximate surface area is 203 Å². The monoisotopic (exact) mass is 482 g/mol. The number of nitrogens with one attached hydrogen (secondary N) is 1. The summed E-state index contributed by atoms with van der Waals surface area (Å²) in [6, 6.07) is 16.3. The van der Waals surface area contributed by atoms with Crippen LogP contribution in [0.4, 0.5) is 0 Å². The molecule has 1 aromatic heterocycles. The number of benzene rings is 2. The number of rotatable bonds is 8. The highest BCUT2D eigenvalue weighted by Gasteiger charge is 2.32. The Kier molecular flexibility index (Phi) is 6.60. The standard InChI is InChI=1S/C25H27ClN4O2S/c1-16(24(31)27-21-11-6-8-17-7-2-3-9-19(17)21)33-25-29-28-23(30(25)18-13-14-18)15-32-22-12-5-4-10-20(22)26/h2-5,7,9-10,12,16,18,21H,6,8,11,13-15H2,1H3,(H,27,31)/t16-,21-/m0/s1. The molecule has 0 bridgehead atoms. The van der Waals surface area contributed by atoms with Crippen LogP contribution in [0, 0.1) is 0 Å². The second-order valence-electron chi connectivity index (χ2n) is 8.63. The van der Waals surface area contributed by atoms with Gasteiger partial charge >= 0.3 is 0 Å². The molecule has 5 rings (SSSR count). The van der Waals surface area contributed by atoms with Crippen LogP contribution in [0.5, 0.6) is 5.75 Å². The van der Waals surface area contributed by atoms with Gasteiger partial charge in [-0.3, -0.25) is 9.36 Å². The normalized spacial score (nSPS) is 18.4. The van der Waals surface area contributed by atoms with E-state index in [1.165, 1.54) is 22.9 Å². The Morgan fingerprint density at radius 2 is 1.97 bits per heavy atom. The summed E-state index contributed by atoms with van der Waals surface area (Å²) in [5.41, 5.74) is 2.58. The van der Waals surface area contributed by atoms with E-state index in [1.54, 1.807) is 6.07 Å².